The molecule has 0 rings (SSSR count). The van der Waals surface area contributed by atoms with Gasteiger partial charge in [0.1, 0.15) is 0 Å². The van der Waals surface area contributed by atoms with Crippen LogP contribution in [-0.4, -0.2) is 70.0 Å². The van der Waals surface area contributed by atoms with Gasteiger partial charge in [0, 0.05) is 12.7 Å². The third-order valence-electron chi connectivity index (χ3n) is 1.29. The van der Waals surface area contributed by atoms with E-state index in [0.29, 0.717) is 38.9 Å². The normalized spacial score (nSPS) is 10.7. The highest BCUT2D eigenvalue weighted by Gasteiger charge is 2.08. The van der Waals surface area contributed by atoms with Crippen LogP contribution in [0.1, 0.15) is 6.42 Å². The molecule has 9 heteroatoms. The Bertz CT molecular complexity index is 190. The first kappa shape index (κ1) is 20.2. The molecule has 0 bridgehead atoms. The van der Waals surface area contributed by atoms with Crippen LogP contribution in [0.15, 0.2) is 0 Å². The minimum Gasteiger partial charge on any atom is -0.540 e. The summed E-state index contributed by atoms with van der Waals surface area (Å²) in [6.07, 6.45) is 0.605. The molecule has 4 N–H and O–H groups in total. The van der Waals surface area contributed by atoms with Crippen LogP contribution in [0, 0.1) is 0 Å². The number of aliphatic hydroxyl groups is 1. The number of aliphatic hydroxyl groups excluding tert-OH is 1. The first-order chi connectivity index (χ1) is 8.27. The summed E-state index contributed by atoms with van der Waals surface area (Å²) in [5.74, 6) is 0. The molecule has 0 aromatic carbocycles. The van der Waals surface area contributed by atoms with E-state index in [1.54, 1.807) is 0 Å². The molecule has 0 aliphatic heterocycles. The Hall–Kier alpha value is -0.166. The van der Waals surface area contributed by atoms with Gasteiger partial charge >= 0.3 is 17.5 Å². The fraction of sp³-hybridized carbons (Fsp3) is 1.00. The molecule has 0 saturated carbocycles. The van der Waals surface area contributed by atoms with Crippen molar-refractivity contribution in [3.63, 3.8) is 0 Å². The van der Waals surface area contributed by atoms with Crippen molar-refractivity contribution in [2.45, 2.75) is 25.6 Å². The summed E-state index contributed by atoms with van der Waals surface area (Å²) in [6.45, 7) is 4.63. The second kappa shape index (κ2) is 13.3. The molecule has 0 amide bonds. The SMILES string of the molecule is C[Si](C)(O)O.O=[Si](O)CCCOCCOCCO. The first-order valence-corrected chi connectivity index (χ1v) is 10.2. The predicted molar refractivity (Wildman–Crippen MR) is 68.7 cm³/mol. The van der Waals surface area contributed by atoms with Crippen molar-refractivity contribution in [2.75, 3.05) is 33.0 Å². The van der Waals surface area contributed by atoms with Crippen molar-refractivity contribution in [2.24, 2.45) is 0 Å². The molecule has 0 saturated heterocycles. The van der Waals surface area contributed by atoms with E-state index in [9.17, 15) is 4.46 Å². The zero-order chi connectivity index (χ0) is 14.4. The fourth-order valence-corrected chi connectivity index (χ4v) is 1.16. The van der Waals surface area contributed by atoms with Gasteiger partial charge in [-0.3, -0.25) is 0 Å². The van der Waals surface area contributed by atoms with E-state index in [1.165, 1.54) is 13.1 Å². The average molecular weight is 300 g/mol. The molecule has 7 nitrogen and oxygen atoms in total. The number of hydrogen-bond acceptors (Lipinski definition) is 6. The number of hydrogen-bond donors (Lipinski definition) is 4. The van der Waals surface area contributed by atoms with Crippen molar-refractivity contribution in [3.05, 3.63) is 0 Å². The summed E-state index contributed by atoms with van der Waals surface area (Å²) in [6, 6.07) is 0.322. The Kier molecular flexibility index (Phi) is 14.9. The average Bonchev–Trinajstić information content (AvgIpc) is 2.19. The molecule has 0 aromatic rings. The highest BCUT2D eigenvalue weighted by Crippen LogP contribution is 1.90. The van der Waals surface area contributed by atoms with Crippen LogP contribution in [0.25, 0.3) is 0 Å². The van der Waals surface area contributed by atoms with Crippen molar-refractivity contribution in [3.8, 4) is 0 Å². The summed E-state index contributed by atoms with van der Waals surface area (Å²) in [7, 11) is -4.94. The smallest absolute Gasteiger partial charge is 0.500 e. The van der Waals surface area contributed by atoms with Crippen LogP contribution in [0.2, 0.25) is 19.1 Å². The molecule has 0 radical (unpaired) electrons. The van der Waals surface area contributed by atoms with Gasteiger partial charge in [-0.15, -0.1) is 0 Å². The predicted octanol–water partition coefficient (Wildman–Crippen LogP) is -1.01. The lowest BCUT2D eigenvalue weighted by atomic mass is 10.5. The molecule has 0 aliphatic carbocycles. The Morgan fingerprint density at radius 1 is 1.06 bits per heavy atom. The molecular formula is C9H24O7Si2. The van der Waals surface area contributed by atoms with Crippen molar-refractivity contribution < 1.29 is 33.4 Å². The van der Waals surface area contributed by atoms with Gasteiger partial charge in [-0.25, -0.2) is 0 Å². The lowest BCUT2D eigenvalue weighted by molar-refractivity contribution is 0.0332. The minimum absolute atomic E-state index is 0.0203. The van der Waals surface area contributed by atoms with E-state index >= 15 is 0 Å². The third kappa shape index (κ3) is 36.0. The summed E-state index contributed by atoms with van der Waals surface area (Å²) in [5.41, 5.74) is 0. The Morgan fingerprint density at radius 3 is 1.89 bits per heavy atom. The highest BCUT2D eigenvalue weighted by atomic mass is 28.4. The van der Waals surface area contributed by atoms with Gasteiger partial charge in [0.25, 0.3) is 0 Å². The molecule has 0 aliphatic rings. The maximum atomic E-state index is 10.3. The number of ether oxygens (including phenoxy) is 2. The molecule has 0 fully saturated rings. The van der Waals surface area contributed by atoms with Crippen molar-refractivity contribution in [1.82, 2.24) is 0 Å². The molecule has 18 heavy (non-hydrogen) atoms. The number of rotatable bonds is 9. The minimum atomic E-state index is -2.61. The van der Waals surface area contributed by atoms with E-state index in [-0.39, 0.29) is 6.61 Å². The zero-order valence-corrected chi connectivity index (χ0v) is 13.0. The Balaban J connectivity index is 0. The highest BCUT2D eigenvalue weighted by molar-refractivity contribution is 6.61. The van der Waals surface area contributed by atoms with Crippen LogP contribution in [0.4, 0.5) is 0 Å². The standard InChI is InChI=1S/C7H16O5Si.C2H8O2Si/c8-2-4-12-6-5-11-3-1-7-13(9)10;1-5(2,3)4/h8-9H,1-7H2;3-4H,1-2H3. The molecule has 0 aromatic heterocycles. The molecule has 0 spiro atoms. The molecule has 0 heterocycles. The van der Waals surface area contributed by atoms with Gasteiger partial charge in [0.15, 0.2) is 0 Å². The molecule has 0 unspecified atom stereocenters. The van der Waals surface area contributed by atoms with Gasteiger partial charge in [-0.05, 0) is 19.5 Å². The van der Waals surface area contributed by atoms with Crippen molar-refractivity contribution >= 4 is 17.5 Å². The van der Waals surface area contributed by atoms with Crippen LogP contribution >= 0.6 is 0 Å². The topological polar surface area (TPSA) is 116 Å². The maximum Gasteiger partial charge on any atom is 0.500 e. The largest absolute Gasteiger partial charge is 0.540 e. The monoisotopic (exact) mass is 300 g/mol. The summed E-state index contributed by atoms with van der Waals surface area (Å²) in [5, 5.41) is 8.34. The lowest BCUT2D eigenvalue weighted by Gasteiger charge is -2.03. The zero-order valence-electron chi connectivity index (χ0n) is 11.0. The molecular weight excluding hydrogens is 276 g/mol. The molecule has 0 atom stereocenters. The molecule has 110 valence electrons. The fourth-order valence-electron chi connectivity index (χ4n) is 0.712. The van der Waals surface area contributed by atoms with Gasteiger partial charge in [-0.2, -0.15) is 0 Å². The van der Waals surface area contributed by atoms with Crippen LogP contribution in [0.3, 0.4) is 0 Å². The quantitative estimate of drug-likeness (QED) is 0.318. The van der Waals surface area contributed by atoms with Crippen LogP contribution in [0.5, 0.6) is 0 Å². The third-order valence-corrected chi connectivity index (χ3v) is 2.07. The summed E-state index contributed by atoms with van der Waals surface area (Å²) in [4.78, 5) is 24.9. The van der Waals surface area contributed by atoms with E-state index < -0.39 is 17.5 Å². The first-order valence-electron chi connectivity index (χ1n) is 5.70. The second-order valence-electron chi connectivity index (χ2n) is 3.94. The Morgan fingerprint density at radius 2 is 1.50 bits per heavy atom. The van der Waals surface area contributed by atoms with E-state index in [4.69, 9.17) is 29.0 Å². The van der Waals surface area contributed by atoms with Gasteiger partial charge in [0.05, 0.1) is 26.4 Å². The lowest BCUT2D eigenvalue weighted by Crippen LogP contribution is -2.23. The Labute approximate surface area is 110 Å². The maximum absolute atomic E-state index is 10.3. The van der Waals surface area contributed by atoms with Crippen LogP contribution < -0.4 is 0 Å². The van der Waals surface area contributed by atoms with Crippen LogP contribution in [-0.2, 0) is 13.9 Å². The van der Waals surface area contributed by atoms with E-state index in [1.807, 2.05) is 0 Å². The van der Waals surface area contributed by atoms with Gasteiger partial charge in [-0.1, -0.05) is 0 Å². The van der Waals surface area contributed by atoms with Crippen molar-refractivity contribution in [1.29, 1.82) is 0 Å². The van der Waals surface area contributed by atoms with Gasteiger partial charge in [0.2, 0.25) is 0 Å². The summed E-state index contributed by atoms with van der Waals surface area (Å²) < 4.78 is 20.3. The van der Waals surface area contributed by atoms with E-state index in [0.717, 1.165) is 0 Å². The summed E-state index contributed by atoms with van der Waals surface area (Å²) >= 11 is 0. The van der Waals surface area contributed by atoms with Gasteiger partial charge < -0.3 is 33.4 Å². The second-order valence-corrected chi connectivity index (χ2v) is 8.22. The van der Waals surface area contributed by atoms with E-state index in [2.05, 4.69) is 0 Å².